The molecule has 1 aliphatic heterocycles. The Kier molecular flexibility index (Phi) is 3.41. The van der Waals surface area contributed by atoms with Crippen LogP contribution < -0.4 is 9.47 Å². The summed E-state index contributed by atoms with van der Waals surface area (Å²) in [5.41, 5.74) is 0.0152. The summed E-state index contributed by atoms with van der Waals surface area (Å²) in [6.07, 6.45) is 1.34. The van der Waals surface area contributed by atoms with Gasteiger partial charge in [0.05, 0.1) is 11.8 Å². The van der Waals surface area contributed by atoms with Crippen molar-refractivity contribution in [1.82, 2.24) is 4.31 Å². The van der Waals surface area contributed by atoms with Crippen molar-refractivity contribution in [2.75, 3.05) is 13.8 Å². The van der Waals surface area contributed by atoms with E-state index in [4.69, 9.17) is 13.9 Å². The van der Waals surface area contributed by atoms with Crippen LogP contribution in [0.3, 0.4) is 0 Å². The lowest BCUT2D eigenvalue weighted by Crippen LogP contribution is -2.42. The topological polar surface area (TPSA) is 69.0 Å². The number of nitrogens with zero attached hydrogens (tertiary/aromatic N) is 1. The number of benzene rings is 1. The van der Waals surface area contributed by atoms with Crippen molar-refractivity contribution in [3.8, 4) is 11.5 Å². The molecule has 7 heteroatoms. The summed E-state index contributed by atoms with van der Waals surface area (Å²) in [6.45, 7) is 3.83. The molecule has 0 spiro atoms. The zero-order valence-electron chi connectivity index (χ0n) is 12.6. The lowest BCUT2D eigenvalue weighted by molar-refractivity contribution is 0.173. The first-order valence-electron chi connectivity index (χ1n) is 6.76. The highest BCUT2D eigenvalue weighted by molar-refractivity contribution is 7.89. The Bertz CT molecular complexity index is 780. The zero-order valence-corrected chi connectivity index (χ0v) is 13.4. The van der Waals surface area contributed by atoms with E-state index in [2.05, 4.69) is 0 Å². The molecule has 0 saturated carbocycles. The fourth-order valence-electron chi connectivity index (χ4n) is 2.30. The maximum Gasteiger partial charge on any atom is 0.276 e. The van der Waals surface area contributed by atoms with Crippen LogP contribution in [0.25, 0.3) is 0 Å². The maximum absolute atomic E-state index is 12.6. The molecule has 0 saturated heterocycles. The molecule has 0 atom stereocenters. The Labute approximate surface area is 129 Å². The van der Waals surface area contributed by atoms with Gasteiger partial charge in [0.2, 0.25) is 11.9 Å². The maximum atomic E-state index is 12.6. The van der Waals surface area contributed by atoms with Crippen molar-refractivity contribution in [2.45, 2.75) is 24.5 Å². The van der Waals surface area contributed by atoms with Gasteiger partial charge in [-0.3, -0.25) is 0 Å². The molecule has 0 amide bonds. The Morgan fingerprint density at radius 2 is 1.86 bits per heavy atom. The average molecular weight is 323 g/mol. The number of rotatable bonds is 4. The molecule has 1 aliphatic rings. The van der Waals surface area contributed by atoms with Crippen LogP contribution >= 0.6 is 0 Å². The summed E-state index contributed by atoms with van der Waals surface area (Å²) in [5.74, 6) is 1.28. The second-order valence-electron chi connectivity index (χ2n) is 5.53. The van der Waals surface area contributed by atoms with Crippen LogP contribution in [-0.2, 0) is 15.6 Å². The molecule has 0 radical (unpaired) electrons. The predicted molar refractivity (Wildman–Crippen MR) is 79.2 cm³/mol. The molecule has 3 rings (SSSR count). The van der Waals surface area contributed by atoms with E-state index in [0.717, 1.165) is 5.56 Å². The van der Waals surface area contributed by atoms with Gasteiger partial charge in [0.15, 0.2) is 11.5 Å². The molecule has 118 valence electrons. The highest BCUT2D eigenvalue weighted by atomic mass is 32.2. The van der Waals surface area contributed by atoms with Crippen LogP contribution in [0.1, 0.15) is 19.4 Å². The van der Waals surface area contributed by atoms with Crippen LogP contribution in [0.2, 0.25) is 0 Å². The molecule has 2 heterocycles. The lowest BCUT2D eigenvalue weighted by Gasteiger charge is -2.34. The molecule has 22 heavy (non-hydrogen) atoms. The van der Waals surface area contributed by atoms with Crippen LogP contribution in [0.15, 0.2) is 46.1 Å². The second kappa shape index (κ2) is 5.03. The first-order chi connectivity index (χ1) is 10.3. The summed E-state index contributed by atoms with van der Waals surface area (Å²) in [5, 5.41) is -0.0798. The molecular weight excluding hydrogens is 306 g/mol. The molecule has 0 unspecified atom stereocenters. The lowest BCUT2D eigenvalue weighted by atomic mass is 9.94. The number of furan rings is 1. The average Bonchev–Trinajstić information content (AvgIpc) is 3.16. The van der Waals surface area contributed by atoms with Crippen molar-refractivity contribution in [1.29, 1.82) is 0 Å². The van der Waals surface area contributed by atoms with Gasteiger partial charge in [-0.05, 0) is 43.7 Å². The largest absolute Gasteiger partial charge is 0.454 e. The Balaban J connectivity index is 1.99. The van der Waals surface area contributed by atoms with Crippen LogP contribution in [0.4, 0.5) is 0 Å². The molecule has 6 nitrogen and oxygen atoms in total. The molecular formula is C15H17NO5S. The smallest absolute Gasteiger partial charge is 0.276 e. The summed E-state index contributed by atoms with van der Waals surface area (Å²) < 4.78 is 42.2. The predicted octanol–water partition coefficient (Wildman–Crippen LogP) is 2.56. The normalized spacial score (nSPS) is 14.5. The van der Waals surface area contributed by atoms with E-state index in [9.17, 15) is 8.42 Å². The van der Waals surface area contributed by atoms with Gasteiger partial charge in [-0.25, -0.2) is 8.42 Å². The van der Waals surface area contributed by atoms with Crippen LogP contribution in [-0.4, -0.2) is 26.6 Å². The number of hydrogen-bond acceptors (Lipinski definition) is 5. The SMILES string of the molecule is CN(C(C)(C)c1ccc2c(c1)OCO2)S(=O)(=O)c1ccco1. The number of hydrogen-bond donors (Lipinski definition) is 0. The number of fused-ring (bicyclic) bond motifs is 1. The van der Waals surface area contributed by atoms with Crippen molar-refractivity contribution in [3.63, 3.8) is 0 Å². The molecule has 1 aromatic carbocycles. The van der Waals surface area contributed by atoms with Gasteiger partial charge in [0.25, 0.3) is 10.0 Å². The summed E-state index contributed by atoms with van der Waals surface area (Å²) in [6, 6.07) is 8.40. The standard InChI is InChI=1S/C15H17NO5S/c1-15(2,11-6-7-12-13(9-11)21-10-20-12)16(3)22(17,18)14-5-4-8-19-14/h4-9H,10H2,1-3H3. The summed E-state index contributed by atoms with van der Waals surface area (Å²) in [4.78, 5) is 0. The molecule has 0 N–H and O–H groups in total. The summed E-state index contributed by atoms with van der Waals surface area (Å²) in [7, 11) is -2.19. The summed E-state index contributed by atoms with van der Waals surface area (Å²) >= 11 is 0. The first kappa shape index (κ1) is 14.9. The third-order valence-corrected chi connectivity index (χ3v) is 5.89. The fourth-order valence-corrected chi connectivity index (χ4v) is 3.71. The van der Waals surface area contributed by atoms with Crippen molar-refractivity contribution in [2.24, 2.45) is 0 Å². The first-order valence-corrected chi connectivity index (χ1v) is 8.20. The second-order valence-corrected chi connectivity index (χ2v) is 7.43. The van der Waals surface area contributed by atoms with E-state index >= 15 is 0 Å². The molecule has 1 aromatic heterocycles. The highest BCUT2D eigenvalue weighted by Crippen LogP contribution is 2.38. The van der Waals surface area contributed by atoms with E-state index in [1.807, 2.05) is 19.9 Å². The van der Waals surface area contributed by atoms with Crippen molar-refractivity contribution < 1.29 is 22.3 Å². The van der Waals surface area contributed by atoms with E-state index in [1.54, 1.807) is 18.2 Å². The fraction of sp³-hybridized carbons (Fsp3) is 0.333. The van der Waals surface area contributed by atoms with Gasteiger partial charge < -0.3 is 13.9 Å². The van der Waals surface area contributed by atoms with E-state index < -0.39 is 15.6 Å². The highest BCUT2D eigenvalue weighted by Gasteiger charge is 2.37. The van der Waals surface area contributed by atoms with Gasteiger partial charge in [-0.1, -0.05) is 6.07 Å². The quantitative estimate of drug-likeness (QED) is 0.865. The van der Waals surface area contributed by atoms with Gasteiger partial charge in [-0.2, -0.15) is 4.31 Å². The van der Waals surface area contributed by atoms with Gasteiger partial charge >= 0.3 is 0 Å². The molecule has 0 fully saturated rings. The minimum Gasteiger partial charge on any atom is -0.454 e. The third kappa shape index (κ3) is 2.26. The van der Waals surface area contributed by atoms with Crippen molar-refractivity contribution >= 4 is 10.0 Å². The Hall–Kier alpha value is -1.99. The Morgan fingerprint density at radius 3 is 2.55 bits per heavy atom. The Morgan fingerprint density at radius 1 is 1.14 bits per heavy atom. The van der Waals surface area contributed by atoms with E-state index in [-0.39, 0.29) is 11.9 Å². The molecule has 0 bridgehead atoms. The monoisotopic (exact) mass is 323 g/mol. The number of sulfonamides is 1. The molecule has 0 aliphatic carbocycles. The minimum atomic E-state index is -3.72. The number of ether oxygens (including phenoxy) is 2. The third-order valence-electron chi connectivity index (χ3n) is 3.98. The van der Waals surface area contributed by atoms with Gasteiger partial charge in [-0.15, -0.1) is 0 Å². The van der Waals surface area contributed by atoms with E-state index in [1.165, 1.54) is 23.7 Å². The van der Waals surface area contributed by atoms with Gasteiger partial charge in [0, 0.05) is 7.05 Å². The van der Waals surface area contributed by atoms with Crippen LogP contribution in [0, 0.1) is 0 Å². The molecule has 2 aromatic rings. The van der Waals surface area contributed by atoms with E-state index in [0.29, 0.717) is 11.5 Å². The van der Waals surface area contributed by atoms with Crippen LogP contribution in [0.5, 0.6) is 11.5 Å². The zero-order chi connectivity index (χ0) is 16.0. The van der Waals surface area contributed by atoms with Gasteiger partial charge in [0.1, 0.15) is 0 Å². The van der Waals surface area contributed by atoms with Crippen molar-refractivity contribution in [3.05, 3.63) is 42.2 Å². The minimum absolute atomic E-state index is 0.0798.